The standard InChI is InChI=1S/C50H46N2O2/c1-4-5-6-7-8-13-32-53-40-29-27-39(28-30-40)49-51-52-50(54-49)46-33-35(3)20-31-41(46)36-23-25-38(26-24-36)48-44-16-11-9-14-42(44)47(37-21-18-34(2)19-22-37)43-15-10-12-17-45(43)48/h9-12,14-31,33H,4-8,13,32H2,1-3H3. The van der Waals surface area contributed by atoms with Crippen LogP contribution in [0.2, 0.25) is 0 Å². The Morgan fingerprint density at radius 1 is 0.463 bits per heavy atom. The van der Waals surface area contributed by atoms with Gasteiger partial charge in [-0.15, -0.1) is 10.2 Å². The number of aromatic nitrogens is 2. The van der Waals surface area contributed by atoms with E-state index >= 15 is 0 Å². The summed E-state index contributed by atoms with van der Waals surface area (Å²) in [4.78, 5) is 0. The van der Waals surface area contributed by atoms with E-state index in [1.807, 2.05) is 24.3 Å². The zero-order chi connectivity index (χ0) is 36.9. The average molecular weight is 707 g/mol. The van der Waals surface area contributed by atoms with Gasteiger partial charge in [0.25, 0.3) is 0 Å². The van der Waals surface area contributed by atoms with Crippen molar-refractivity contribution < 1.29 is 9.15 Å². The molecule has 0 unspecified atom stereocenters. The van der Waals surface area contributed by atoms with Crippen molar-refractivity contribution in [1.82, 2.24) is 10.2 Å². The molecular formula is C50H46N2O2. The van der Waals surface area contributed by atoms with Crippen LogP contribution in [-0.2, 0) is 0 Å². The van der Waals surface area contributed by atoms with Crippen LogP contribution in [0.1, 0.15) is 56.6 Å². The number of rotatable bonds is 13. The number of hydrogen-bond acceptors (Lipinski definition) is 4. The van der Waals surface area contributed by atoms with E-state index in [2.05, 4.69) is 146 Å². The van der Waals surface area contributed by atoms with Gasteiger partial charge < -0.3 is 9.15 Å². The second-order valence-corrected chi connectivity index (χ2v) is 14.4. The zero-order valence-corrected chi connectivity index (χ0v) is 31.4. The Kier molecular flexibility index (Phi) is 10.3. The molecule has 4 heteroatoms. The summed E-state index contributed by atoms with van der Waals surface area (Å²) in [6, 6.07) is 49.8. The first-order valence-corrected chi connectivity index (χ1v) is 19.4. The molecule has 0 spiro atoms. The Balaban J connectivity index is 1.08. The quantitative estimate of drug-likeness (QED) is 0.0884. The molecule has 0 radical (unpaired) electrons. The molecule has 0 aliphatic carbocycles. The summed E-state index contributed by atoms with van der Waals surface area (Å²) in [6.07, 6.45) is 7.47. The summed E-state index contributed by atoms with van der Waals surface area (Å²) < 4.78 is 12.3. The lowest BCUT2D eigenvalue weighted by atomic mass is 9.85. The molecule has 268 valence electrons. The van der Waals surface area contributed by atoms with Crippen LogP contribution in [0, 0.1) is 13.8 Å². The molecule has 7 aromatic carbocycles. The summed E-state index contributed by atoms with van der Waals surface area (Å²) in [5.74, 6) is 1.85. The molecule has 0 fully saturated rings. The Bertz CT molecular complexity index is 2460. The number of hydrogen-bond donors (Lipinski definition) is 0. The maximum absolute atomic E-state index is 6.34. The fourth-order valence-electron chi connectivity index (χ4n) is 7.59. The van der Waals surface area contributed by atoms with Gasteiger partial charge in [0.05, 0.1) is 6.61 Å². The highest BCUT2D eigenvalue weighted by atomic mass is 16.5. The minimum Gasteiger partial charge on any atom is -0.494 e. The van der Waals surface area contributed by atoms with Crippen LogP contribution in [0.15, 0.2) is 144 Å². The lowest BCUT2D eigenvalue weighted by Gasteiger charge is -2.18. The fourth-order valence-corrected chi connectivity index (χ4v) is 7.59. The number of unbranched alkanes of at least 4 members (excludes halogenated alkanes) is 5. The molecule has 0 saturated carbocycles. The minimum atomic E-state index is 0.489. The molecule has 8 aromatic rings. The summed E-state index contributed by atoms with van der Waals surface area (Å²) in [6.45, 7) is 7.21. The maximum Gasteiger partial charge on any atom is 0.248 e. The van der Waals surface area contributed by atoms with E-state index in [9.17, 15) is 0 Å². The zero-order valence-electron chi connectivity index (χ0n) is 31.4. The number of aryl methyl sites for hydroxylation is 2. The second kappa shape index (κ2) is 15.9. The molecule has 0 saturated heterocycles. The van der Waals surface area contributed by atoms with Gasteiger partial charge in [-0.3, -0.25) is 0 Å². The van der Waals surface area contributed by atoms with Gasteiger partial charge in [-0.25, -0.2) is 0 Å². The summed E-state index contributed by atoms with van der Waals surface area (Å²) in [5, 5.41) is 14.0. The summed E-state index contributed by atoms with van der Waals surface area (Å²) in [7, 11) is 0. The molecule has 0 bridgehead atoms. The maximum atomic E-state index is 6.34. The third-order valence-electron chi connectivity index (χ3n) is 10.5. The lowest BCUT2D eigenvalue weighted by Crippen LogP contribution is -1.97. The van der Waals surface area contributed by atoms with Gasteiger partial charge in [0.2, 0.25) is 11.8 Å². The molecule has 4 nitrogen and oxygen atoms in total. The fraction of sp³-hybridized carbons (Fsp3) is 0.200. The number of fused-ring (bicyclic) bond motifs is 2. The van der Waals surface area contributed by atoms with Crippen molar-refractivity contribution in [2.75, 3.05) is 6.61 Å². The third-order valence-corrected chi connectivity index (χ3v) is 10.5. The van der Waals surface area contributed by atoms with Gasteiger partial charge in [-0.2, -0.15) is 0 Å². The molecular weight excluding hydrogens is 661 g/mol. The van der Waals surface area contributed by atoms with E-state index in [1.165, 1.54) is 81.5 Å². The monoisotopic (exact) mass is 706 g/mol. The van der Waals surface area contributed by atoms with E-state index in [-0.39, 0.29) is 0 Å². The Morgan fingerprint density at radius 2 is 0.963 bits per heavy atom. The van der Waals surface area contributed by atoms with E-state index in [0.717, 1.165) is 46.6 Å². The first-order chi connectivity index (χ1) is 26.6. The van der Waals surface area contributed by atoms with Gasteiger partial charge in [-0.05, 0) is 106 Å². The van der Waals surface area contributed by atoms with Crippen LogP contribution < -0.4 is 4.74 Å². The molecule has 8 rings (SSSR count). The van der Waals surface area contributed by atoms with Gasteiger partial charge in [-0.1, -0.05) is 159 Å². The Hall–Kier alpha value is -6.00. The molecule has 1 heterocycles. The van der Waals surface area contributed by atoms with Crippen LogP contribution in [-0.4, -0.2) is 16.8 Å². The predicted molar refractivity (Wildman–Crippen MR) is 225 cm³/mol. The topological polar surface area (TPSA) is 48.2 Å². The average Bonchev–Trinajstić information content (AvgIpc) is 3.71. The third kappa shape index (κ3) is 7.30. The van der Waals surface area contributed by atoms with Crippen LogP contribution >= 0.6 is 0 Å². The van der Waals surface area contributed by atoms with Gasteiger partial charge in [0, 0.05) is 11.1 Å². The van der Waals surface area contributed by atoms with E-state index in [1.54, 1.807) is 0 Å². The molecule has 0 atom stereocenters. The predicted octanol–water partition coefficient (Wildman–Crippen LogP) is 14.1. The highest BCUT2D eigenvalue weighted by Crippen LogP contribution is 2.44. The first kappa shape index (κ1) is 35.1. The first-order valence-electron chi connectivity index (χ1n) is 19.4. The summed E-state index contributed by atoms with van der Waals surface area (Å²) >= 11 is 0. The van der Waals surface area contributed by atoms with Crippen molar-refractivity contribution >= 4 is 21.5 Å². The number of ether oxygens (including phenoxy) is 1. The van der Waals surface area contributed by atoms with Crippen molar-refractivity contribution in [2.24, 2.45) is 0 Å². The molecule has 0 aliphatic rings. The summed E-state index contributed by atoms with van der Waals surface area (Å²) in [5.41, 5.74) is 11.2. The molecule has 1 aromatic heterocycles. The van der Waals surface area contributed by atoms with Crippen molar-refractivity contribution in [3.63, 3.8) is 0 Å². The highest BCUT2D eigenvalue weighted by Gasteiger charge is 2.19. The van der Waals surface area contributed by atoms with Crippen molar-refractivity contribution in [3.05, 3.63) is 151 Å². The van der Waals surface area contributed by atoms with Crippen molar-refractivity contribution in [2.45, 2.75) is 59.3 Å². The van der Waals surface area contributed by atoms with Crippen LogP contribution in [0.5, 0.6) is 5.75 Å². The number of nitrogens with zero attached hydrogens (tertiary/aromatic N) is 2. The Morgan fingerprint density at radius 3 is 1.57 bits per heavy atom. The lowest BCUT2D eigenvalue weighted by molar-refractivity contribution is 0.304. The molecule has 0 amide bonds. The van der Waals surface area contributed by atoms with Crippen molar-refractivity contribution in [1.29, 1.82) is 0 Å². The molecule has 54 heavy (non-hydrogen) atoms. The normalized spacial score (nSPS) is 11.4. The van der Waals surface area contributed by atoms with E-state index in [4.69, 9.17) is 9.15 Å². The highest BCUT2D eigenvalue weighted by molar-refractivity contribution is 6.21. The largest absolute Gasteiger partial charge is 0.494 e. The van der Waals surface area contributed by atoms with Crippen LogP contribution in [0.3, 0.4) is 0 Å². The van der Waals surface area contributed by atoms with E-state index in [0.29, 0.717) is 11.8 Å². The molecule has 0 aliphatic heterocycles. The SMILES string of the molecule is CCCCCCCCOc1ccc(-c2nnc(-c3cc(C)ccc3-c3ccc(-c4c5ccccc5c(-c5ccc(C)cc5)c5ccccc45)cc3)o2)cc1. The van der Waals surface area contributed by atoms with E-state index < -0.39 is 0 Å². The molecule has 0 N–H and O–H groups in total. The van der Waals surface area contributed by atoms with Crippen LogP contribution in [0.4, 0.5) is 0 Å². The van der Waals surface area contributed by atoms with Gasteiger partial charge >= 0.3 is 0 Å². The van der Waals surface area contributed by atoms with Crippen LogP contribution in [0.25, 0.3) is 77.8 Å². The minimum absolute atomic E-state index is 0.489. The van der Waals surface area contributed by atoms with Crippen molar-refractivity contribution in [3.8, 4) is 62.0 Å². The smallest absolute Gasteiger partial charge is 0.248 e. The number of benzene rings is 7. The Labute approximate surface area is 318 Å². The van der Waals surface area contributed by atoms with Gasteiger partial charge in [0.15, 0.2) is 0 Å². The van der Waals surface area contributed by atoms with Gasteiger partial charge in [0.1, 0.15) is 5.75 Å². The second-order valence-electron chi connectivity index (χ2n) is 14.4.